The minimum atomic E-state index is -4.00. The SMILES string of the molecule is CC(C)CC[C@H](NS(=O)(=O)c1ccc(F)cc1)C(=O)N[C@@H](C=O)CC(C)C. The van der Waals surface area contributed by atoms with Gasteiger partial charge in [0.05, 0.1) is 10.9 Å². The van der Waals surface area contributed by atoms with Gasteiger partial charge >= 0.3 is 0 Å². The smallest absolute Gasteiger partial charge is 0.241 e. The van der Waals surface area contributed by atoms with Crippen LogP contribution in [0, 0.1) is 17.7 Å². The second-order valence-corrected chi connectivity index (χ2v) is 9.19. The van der Waals surface area contributed by atoms with Crippen LogP contribution in [0.4, 0.5) is 4.39 Å². The molecule has 0 fully saturated rings. The number of carbonyl (C=O) groups excluding carboxylic acids is 2. The Hall–Kier alpha value is -1.80. The number of hydrogen-bond acceptors (Lipinski definition) is 4. The summed E-state index contributed by atoms with van der Waals surface area (Å²) in [5.41, 5.74) is 0. The van der Waals surface area contributed by atoms with Crippen molar-refractivity contribution in [3.63, 3.8) is 0 Å². The van der Waals surface area contributed by atoms with Crippen LogP contribution in [0.3, 0.4) is 0 Å². The van der Waals surface area contributed by atoms with Crippen molar-refractivity contribution < 1.29 is 22.4 Å². The molecule has 8 heteroatoms. The molecule has 0 radical (unpaired) electrons. The van der Waals surface area contributed by atoms with Gasteiger partial charge in [0.25, 0.3) is 0 Å². The lowest BCUT2D eigenvalue weighted by atomic mass is 10.0. The molecule has 0 aliphatic carbocycles. The standard InChI is InChI=1S/C19H29FN2O4S/c1-13(2)5-10-18(19(24)21-16(12-23)11-14(3)4)22-27(25,26)17-8-6-15(20)7-9-17/h6-9,12-14,16,18,22H,5,10-11H2,1-4H3,(H,21,24)/t16-,18+/m1/s1. The van der Waals surface area contributed by atoms with Crippen LogP contribution in [0.5, 0.6) is 0 Å². The molecule has 1 amide bonds. The van der Waals surface area contributed by atoms with Crippen molar-refractivity contribution in [2.75, 3.05) is 0 Å². The maximum Gasteiger partial charge on any atom is 0.241 e. The van der Waals surface area contributed by atoms with Gasteiger partial charge in [-0.1, -0.05) is 27.7 Å². The largest absolute Gasteiger partial charge is 0.345 e. The van der Waals surface area contributed by atoms with Gasteiger partial charge in [-0.15, -0.1) is 0 Å². The summed E-state index contributed by atoms with van der Waals surface area (Å²) in [6.45, 7) is 7.79. The van der Waals surface area contributed by atoms with E-state index in [1.165, 1.54) is 0 Å². The molecule has 1 rings (SSSR count). The van der Waals surface area contributed by atoms with Crippen molar-refractivity contribution in [2.45, 2.75) is 63.9 Å². The number of benzene rings is 1. The molecule has 0 spiro atoms. The first-order chi connectivity index (χ1) is 12.5. The number of rotatable bonds is 11. The fourth-order valence-electron chi connectivity index (χ4n) is 2.55. The van der Waals surface area contributed by atoms with Crippen molar-refractivity contribution in [1.82, 2.24) is 10.0 Å². The lowest BCUT2D eigenvalue weighted by Crippen LogP contribution is -2.50. The number of halogens is 1. The monoisotopic (exact) mass is 400 g/mol. The maximum atomic E-state index is 13.0. The molecule has 0 aliphatic heterocycles. The number of carbonyl (C=O) groups is 2. The third kappa shape index (κ3) is 8.17. The number of nitrogens with one attached hydrogen (secondary N) is 2. The zero-order valence-electron chi connectivity index (χ0n) is 16.2. The minimum absolute atomic E-state index is 0.125. The highest BCUT2D eigenvalue weighted by molar-refractivity contribution is 7.89. The van der Waals surface area contributed by atoms with E-state index in [9.17, 15) is 22.4 Å². The molecule has 152 valence electrons. The summed E-state index contributed by atoms with van der Waals surface area (Å²) in [6.07, 6.45) is 2.04. The molecule has 0 unspecified atom stereocenters. The summed E-state index contributed by atoms with van der Waals surface area (Å²) < 4.78 is 40.5. The molecule has 0 aliphatic rings. The number of aldehydes is 1. The minimum Gasteiger partial charge on any atom is -0.345 e. The topological polar surface area (TPSA) is 92.3 Å². The molecule has 27 heavy (non-hydrogen) atoms. The first-order valence-corrected chi connectivity index (χ1v) is 10.6. The van der Waals surface area contributed by atoms with E-state index >= 15 is 0 Å². The average molecular weight is 401 g/mol. The summed E-state index contributed by atoms with van der Waals surface area (Å²) >= 11 is 0. The van der Waals surface area contributed by atoms with E-state index in [1.807, 2.05) is 27.7 Å². The Bertz CT molecular complexity index is 718. The Kier molecular flexibility index (Phi) is 9.05. The van der Waals surface area contributed by atoms with Gasteiger partial charge in [-0.05, 0) is 55.4 Å². The van der Waals surface area contributed by atoms with Crippen molar-refractivity contribution >= 4 is 22.2 Å². The van der Waals surface area contributed by atoms with E-state index in [-0.39, 0.29) is 23.2 Å². The summed E-state index contributed by atoms with van der Waals surface area (Å²) in [6, 6.07) is 2.68. The quantitative estimate of drug-likeness (QED) is 0.559. The summed E-state index contributed by atoms with van der Waals surface area (Å²) in [7, 11) is -4.00. The first-order valence-electron chi connectivity index (χ1n) is 9.08. The predicted molar refractivity (Wildman–Crippen MR) is 102 cm³/mol. The maximum absolute atomic E-state index is 13.0. The predicted octanol–water partition coefficient (Wildman–Crippen LogP) is 2.64. The molecule has 0 saturated heterocycles. The molecule has 0 bridgehead atoms. The van der Waals surface area contributed by atoms with Crippen LogP contribution in [0.25, 0.3) is 0 Å². The van der Waals surface area contributed by atoms with Gasteiger partial charge in [0.2, 0.25) is 15.9 Å². The Morgan fingerprint density at radius 2 is 1.67 bits per heavy atom. The molecule has 1 aromatic carbocycles. The van der Waals surface area contributed by atoms with E-state index in [4.69, 9.17) is 0 Å². The fraction of sp³-hybridized carbons (Fsp3) is 0.579. The molecular formula is C19H29FN2O4S. The molecule has 6 nitrogen and oxygen atoms in total. The van der Waals surface area contributed by atoms with Gasteiger partial charge < -0.3 is 10.1 Å². The summed E-state index contributed by atoms with van der Waals surface area (Å²) in [5, 5.41) is 2.61. The highest BCUT2D eigenvalue weighted by atomic mass is 32.2. The summed E-state index contributed by atoms with van der Waals surface area (Å²) in [5.74, 6) is -0.622. The van der Waals surface area contributed by atoms with E-state index < -0.39 is 33.8 Å². The van der Waals surface area contributed by atoms with Gasteiger partial charge in [-0.3, -0.25) is 4.79 Å². The van der Waals surface area contributed by atoms with Gasteiger partial charge in [0.15, 0.2) is 0 Å². The molecule has 0 aromatic heterocycles. The van der Waals surface area contributed by atoms with Gasteiger partial charge in [0, 0.05) is 0 Å². The number of amides is 1. The highest BCUT2D eigenvalue weighted by Crippen LogP contribution is 2.14. The molecule has 0 heterocycles. The van der Waals surface area contributed by atoms with Crippen LogP contribution in [-0.4, -0.2) is 32.7 Å². The van der Waals surface area contributed by atoms with Crippen LogP contribution in [0.2, 0.25) is 0 Å². The Balaban J connectivity index is 2.96. The average Bonchev–Trinajstić information content (AvgIpc) is 2.57. The van der Waals surface area contributed by atoms with Crippen molar-refractivity contribution in [2.24, 2.45) is 11.8 Å². The Morgan fingerprint density at radius 3 is 2.15 bits per heavy atom. The van der Waals surface area contributed by atoms with E-state index in [0.29, 0.717) is 19.1 Å². The molecule has 0 saturated carbocycles. The van der Waals surface area contributed by atoms with Crippen molar-refractivity contribution in [3.8, 4) is 0 Å². The molecule has 1 aromatic rings. The lowest BCUT2D eigenvalue weighted by molar-refractivity contribution is -0.125. The Labute approximate surface area is 161 Å². The fourth-order valence-corrected chi connectivity index (χ4v) is 3.78. The second-order valence-electron chi connectivity index (χ2n) is 7.48. The normalized spacial score (nSPS) is 14.2. The summed E-state index contributed by atoms with van der Waals surface area (Å²) in [4.78, 5) is 23.7. The van der Waals surface area contributed by atoms with Gasteiger partial charge in [0.1, 0.15) is 18.1 Å². The van der Waals surface area contributed by atoms with E-state index in [2.05, 4.69) is 10.0 Å². The van der Waals surface area contributed by atoms with Crippen LogP contribution in [-0.2, 0) is 19.6 Å². The first kappa shape index (κ1) is 23.2. The van der Waals surface area contributed by atoms with Crippen LogP contribution in [0.1, 0.15) is 47.0 Å². The molecule has 2 N–H and O–H groups in total. The van der Waals surface area contributed by atoms with Crippen LogP contribution >= 0.6 is 0 Å². The third-order valence-corrected chi connectivity index (χ3v) is 5.48. The van der Waals surface area contributed by atoms with Crippen molar-refractivity contribution in [1.29, 1.82) is 0 Å². The number of hydrogen-bond donors (Lipinski definition) is 2. The van der Waals surface area contributed by atoms with E-state index in [0.717, 1.165) is 24.3 Å². The number of sulfonamides is 1. The van der Waals surface area contributed by atoms with Crippen LogP contribution in [0.15, 0.2) is 29.2 Å². The zero-order chi connectivity index (χ0) is 20.6. The van der Waals surface area contributed by atoms with Gasteiger partial charge in [-0.2, -0.15) is 4.72 Å². The van der Waals surface area contributed by atoms with Gasteiger partial charge in [-0.25, -0.2) is 12.8 Å². The lowest BCUT2D eigenvalue weighted by Gasteiger charge is -2.22. The van der Waals surface area contributed by atoms with E-state index in [1.54, 1.807) is 0 Å². The second kappa shape index (κ2) is 10.5. The highest BCUT2D eigenvalue weighted by Gasteiger charge is 2.27. The molecular weight excluding hydrogens is 371 g/mol. The zero-order valence-corrected chi connectivity index (χ0v) is 17.1. The Morgan fingerprint density at radius 1 is 1.07 bits per heavy atom. The van der Waals surface area contributed by atoms with Crippen molar-refractivity contribution in [3.05, 3.63) is 30.1 Å². The molecule has 2 atom stereocenters. The van der Waals surface area contributed by atoms with Crippen LogP contribution < -0.4 is 10.0 Å². The third-order valence-electron chi connectivity index (χ3n) is 3.99.